The third-order valence-electron chi connectivity index (χ3n) is 3.94. The van der Waals surface area contributed by atoms with Crippen molar-refractivity contribution in [3.8, 4) is 0 Å². The van der Waals surface area contributed by atoms with Gasteiger partial charge in [0.25, 0.3) is 0 Å². The van der Waals surface area contributed by atoms with Gasteiger partial charge in [0.05, 0.1) is 0 Å². The fraction of sp³-hybridized carbons (Fsp3) is 0.722. The zero-order valence-electron chi connectivity index (χ0n) is 17.6. The molecule has 0 bridgehead atoms. The van der Waals surface area contributed by atoms with Crippen LogP contribution in [-0.2, 0) is 57.1 Å². The van der Waals surface area contributed by atoms with E-state index in [1.165, 1.54) is 7.11 Å². The van der Waals surface area contributed by atoms with Gasteiger partial charge < -0.3 is 33.2 Å². The first-order valence-corrected chi connectivity index (χ1v) is 8.93. The largest absolute Gasteiger partial charge is 0.463 e. The Balaban J connectivity index is 3.51. The van der Waals surface area contributed by atoms with Crippen LogP contribution >= 0.6 is 0 Å². The van der Waals surface area contributed by atoms with Crippen LogP contribution in [0.1, 0.15) is 34.6 Å². The van der Waals surface area contributed by atoms with Crippen LogP contribution < -0.4 is 0 Å². The first kappa shape index (κ1) is 25.3. The van der Waals surface area contributed by atoms with Crippen LogP contribution in [0, 0.1) is 0 Å². The summed E-state index contributed by atoms with van der Waals surface area (Å²) in [5.74, 6) is -5.67. The standard InChI is InChI=1S/C18H26O12/c1-9(19)25-7-14-15(27-11(3)21)16(28-12(4)22)17(29-13(5)23)18(24-6,30-14)8-26-10(2)20/h14-17H,7-8H2,1-6H3/t14-,15-,16-,17-,18-/m0/s1. The molecule has 0 amide bonds. The molecule has 0 unspecified atom stereocenters. The van der Waals surface area contributed by atoms with E-state index in [1.807, 2.05) is 0 Å². The van der Waals surface area contributed by atoms with Gasteiger partial charge in [-0.2, -0.15) is 0 Å². The Morgan fingerprint density at radius 1 is 0.733 bits per heavy atom. The fourth-order valence-electron chi connectivity index (χ4n) is 2.89. The van der Waals surface area contributed by atoms with Crippen molar-refractivity contribution in [2.75, 3.05) is 20.3 Å². The highest BCUT2D eigenvalue weighted by atomic mass is 16.8. The summed E-state index contributed by atoms with van der Waals surface area (Å²) in [4.78, 5) is 57.8. The second kappa shape index (κ2) is 10.9. The summed E-state index contributed by atoms with van der Waals surface area (Å²) in [7, 11) is 1.18. The van der Waals surface area contributed by atoms with Crippen LogP contribution in [0.25, 0.3) is 0 Å². The highest BCUT2D eigenvalue weighted by molar-refractivity contribution is 5.69. The maximum Gasteiger partial charge on any atom is 0.303 e. The summed E-state index contributed by atoms with van der Waals surface area (Å²) < 4.78 is 37.0. The Kier molecular flexibility index (Phi) is 9.18. The molecular weight excluding hydrogens is 408 g/mol. The SMILES string of the molecule is CO[C@@]1(COC(C)=O)O[C@@H](COC(C)=O)[C@H](OC(C)=O)[C@H](OC(C)=O)[C@@H]1OC(C)=O. The first-order chi connectivity index (χ1) is 13.9. The van der Waals surface area contributed by atoms with E-state index in [2.05, 4.69) is 0 Å². The van der Waals surface area contributed by atoms with Gasteiger partial charge in [-0.25, -0.2) is 0 Å². The predicted octanol–water partition coefficient (Wildman–Crippen LogP) is -0.351. The lowest BCUT2D eigenvalue weighted by atomic mass is 9.91. The predicted molar refractivity (Wildman–Crippen MR) is 94.5 cm³/mol. The summed E-state index contributed by atoms with van der Waals surface area (Å²) in [6.45, 7) is 4.56. The smallest absolute Gasteiger partial charge is 0.303 e. The number of rotatable bonds is 8. The first-order valence-electron chi connectivity index (χ1n) is 8.93. The van der Waals surface area contributed by atoms with Crippen molar-refractivity contribution in [3.05, 3.63) is 0 Å². The minimum absolute atomic E-state index is 0.428. The van der Waals surface area contributed by atoms with Crippen LogP contribution in [0.15, 0.2) is 0 Å². The maximum atomic E-state index is 11.8. The molecule has 5 atom stereocenters. The van der Waals surface area contributed by atoms with Gasteiger partial charge in [0.1, 0.15) is 19.3 Å². The highest BCUT2D eigenvalue weighted by Crippen LogP contribution is 2.37. The number of carbonyl (C=O) groups is 5. The Labute approximate surface area is 173 Å². The molecule has 0 aromatic rings. The molecule has 0 aliphatic carbocycles. The van der Waals surface area contributed by atoms with E-state index >= 15 is 0 Å². The van der Waals surface area contributed by atoms with Gasteiger partial charge in [-0.15, -0.1) is 0 Å². The van der Waals surface area contributed by atoms with Crippen LogP contribution in [0.5, 0.6) is 0 Å². The van der Waals surface area contributed by atoms with Crippen molar-refractivity contribution in [2.24, 2.45) is 0 Å². The molecule has 12 heteroatoms. The van der Waals surface area contributed by atoms with Crippen molar-refractivity contribution < 1.29 is 57.1 Å². The molecule has 170 valence electrons. The quantitative estimate of drug-likeness (QED) is 0.363. The van der Waals surface area contributed by atoms with E-state index in [9.17, 15) is 24.0 Å². The van der Waals surface area contributed by atoms with Gasteiger partial charge in [0, 0.05) is 41.7 Å². The molecule has 1 aliphatic rings. The highest BCUT2D eigenvalue weighted by Gasteiger charge is 2.61. The van der Waals surface area contributed by atoms with Gasteiger partial charge in [-0.3, -0.25) is 24.0 Å². The number of methoxy groups -OCH3 is 1. The second-order valence-corrected chi connectivity index (χ2v) is 6.43. The molecule has 0 radical (unpaired) electrons. The van der Waals surface area contributed by atoms with E-state index in [4.69, 9.17) is 33.2 Å². The zero-order valence-corrected chi connectivity index (χ0v) is 17.6. The summed E-state index contributed by atoms with van der Waals surface area (Å²) in [5, 5.41) is 0. The van der Waals surface area contributed by atoms with E-state index in [0.717, 1.165) is 34.6 Å². The molecular formula is C18H26O12. The Morgan fingerprint density at radius 3 is 1.67 bits per heavy atom. The van der Waals surface area contributed by atoms with Crippen LogP contribution in [0.2, 0.25) is 0 Å². The number of hydrogen-bond acceptors (Lipinski definition) is 12. The minimum atomic E-state index is -1.96. The summed E-state index contributed by atoms with van der Waals surface area (Å²) in [6, 6.07) is 0. The van der Waals surface area contributed by atoms with Gasteiger partial charge in [0.15, 0.2) is 18.3 Å². The Bertz CT molecular complexity index is 674. The van der Waals surface area contributed by atoms with Crippen molar-refractivity contribution in [3.63, 3.8) is 0 Å². The number of hydrogen-bond donors (Lipinski definition) is 0. The maximum absolute atomic E-state index is 11.8. The third kappa shape index (κ3) is 6.95. The Morgan fingerprint density at radius 2 is 1.23 bits per heavy atom. The molecule has 0 aromatic heterocycles. The average Bonchev–Trinajstić information content (AvgIpc) is 2.61. The van der Waals surface area contributed by atoms with Crippen molar-refractivity contribution in [1.82, 2.24) is 0 Å². The van der Waals surface area contributed by atoms with Crippen LogP contribution in [-0.4, -0.2) is 80.4 Å². The lowest BCUT2D eigenvalue weighted by Gasteiger charge is -2.49. The van der Waals surface area contributed by atoms with E-state index in [1.54, 1.807) is 0 Å². The number of ether oxygens (including phenoxy) is 7. The van der Waals surface area contributed by atoms with Crippen LogP contribution in [0.4, 0.5) is 0 Å². The molecule has 0 saturated carbocycles. The molecule has 1 heterocycles. The summed E-state index contributed by atoms with van der Waals surface area (Å²) in [6.07, 6.45) is -5.48. The molecule has 1 rings (SSSR count). The molecule has 0 N–H and O–H groups in total. The van der Waals surface area contributed by atoms with Crippen molar-refractivity contribution >= 4 is 29.8 Å². The average molecular weight is 434 g/mol. The fourth-order valence-corrected chi connectivity index (χ4v) is 2.89. The lowest BCUT2D eigenvalue weighted by Crippen LogP contribution is -2.70. The Hall–Kier alpha value is -2.73. The van der Waals surface area contributed by atoms with E-state index in [-0.39, 0.29) is 0 Å². The third-order valence-corrected chi connectivity index (χ3v) is 3.94. The molecule has 1 aliphatic heterocycles. The second-order valence-electron chi connectivity index (χ2n) is 6.43. The van der Waals surface area contributed by atoms with Gasteiger partial charge in [-0.05, 0) is 0 Å². The molecule has 0 spiro atoms. The normalized spacial score (nSPS) is 28.1. The van der Waals surface area contributed by atoms with Gasteiger partial charge >= 0.3 is 29.8 Å². The monoisotopic (exact) mass is 434 g/mol. The number of carbonyl (C=O) groups excluding carboxylic acids is 5. The van der Waals surface area contributed by atoms with Crippen molar-refractivity contribution in [2.45, 2.75) is 64.8 Å². The molecule has 0 aromatic carbocycles. The molecule has 1 fully saturated rings. The van der Waals surface area contributed by atoms with Crippen LogP contribution in [0.3, 0.4) is 0 Å². The number of esters is 5. The molecule has 12 nitrogen and oxygen atoms in total. The summed E-state index contributed by atoms with van der Waals surface area (Å²) >= 11 is 0. The molecule has 1 saturated heterocycles. The summed E-state index contributed by atoms with van der Waals surface area (Å²) in [5.41, 5.74) is 0. The lowest BCUT2D eigenvalue weighted by molar-refractivity contribution is -0.367. The molecule has 30 heavy (non-hydrogen) atoms. The zero-order chi connectivity index (χ0) is 23.1. The van der Waals surface area contributed by atoms with E-state index < -0.39 is 73.3 Å². The topological polar surface area (TPSA) is 150 Å². The van der Waals surface area contributed by atoms with Crippen molar-refractivity contribution in [1.29, 1.82) is 0 Å². The minimum Gasteiger partial charge on any atom is -0.463 e. The van der Waals surface area contributed by atoms with Gasteiger partial charge in [0.2, 0.25) is 5.79 Å². The van der Waals surface area contributed by atoms with Gasteiger partial charge in [-0.1, -0.05) is 0 Å². The van der Waals surface area contributed by atoms with E-state index in [0.29, 0.717) is 0 Å².